The van der Waals surface area contributed by atoms with Gasteiger partial charge in [0.2, 0.25) is 5.91 Å². The van der Waals surface area contributed by atoms with Crippen LogP contribution in [0.25, 0.3) is 20.9 Å². The van der Waals surface area contributed by atoms with Crippen LogP contribution in [0.4, 0.5) is 5.69 Å². The zero-order chi connectivity index (χ0) is 20.2. The van der Waals surface area contributed by atoms with E-state index in [1.165, 1.54) is 0 Å². The molecule has 4 aromatic rings. The lowest BCUT2D eigenvalue weighted by atomic mass is 10.1. The van der Waals surface area contributed by atoms with Crippen LogP contribution in [0, 0.1) is 6.92 Å². The van der Waals surface area contributed by atoms with Gasteiger partial charge in [0.15, 0.2) is 0 Å². The SMILES string of the molecule is COc1ccc(CCC(=O)Nc2ccc(-c3nc4cccnc4s3)cc2C)cc1. The summed E-state index contributed by atoms with van der Waals surface area (Å²) in [6.45, 7) is 1.99. The fourth-order valence-electron chi connectivity index (χ4n) is 3.09. The third kappa shape index (κ3) is 4.43. The monoisotopic (exact) mass is 403 g/mol. The number of aryl methyl sites for hydroxylation is 2. The summed E-state index contributed by atoms with van der Waals surface area (Å²) in [4.78, 5) is 22.3. The van der Waals surface area contributed by atoms with Crippen LogP contribution in [-0.4, -0.2) is 23.0 Å². The van der Waals surface area contributed by atoms with Crippen LogP contribution in [0.2, 0.25) is 0 Å². The molecule has 2 aromatic heterocycles. The summed E-state index contributed by atoms with van der Waals surface area (Å²) in [7, 11) is 1.64. The average Bonchev–Trinajstić information content (AvgIpc) is 3.18. The summed E-state index contributed by atoms with van der Waals surface area (Å²) in [6.07, 6.45) is 2.89. The molecule has 0 saturated heterocycles. The van der Waals surface area contributed by atoms with Gasteiger partial charge in [-0.05, 0) is 66.9 Å². The Morgan fingerprint density at radius 2 is 1.97 bits per heavy atom. The Morgan fingerprint density at radius 3 is 2.69 bits per heavy atom. The molecule has 29 heavy (non-hydrogen) atoms. The van der Waals surface area contributed by atoms with Crippen molar-refractivity contribution in [2.45, 2.75) is 19.8 Å². The molecule has 2 aromatic carbocycles. The molecule has 0 aliphatic carbocycles. The summed E-state index contributed by atoms with van der Waals surface area (Å²) in [5.41, 5.74) is 4.88. The Hall–Kier alpha value is -3.25. The molecule has 0 fully saturated rings. The summed E-state index contributed by atoms with van der Waals surface area (Å²) in [5, 5.41) is 3.95. The number of nitrogens with zero attached hydrogens (tertiary/aromatic N) is 2. The minimum Gasteiger partial charge on any atom is -0.497 e. The lowest BCUT2D eigenvalue weighted by Gasteiger charge is -2.10. The number of nitrogens with one attached hydrogen (secondary N) is 1. The van der Waals surface area contributed by atoms with E-state index in [1.807, 2.05) is 55.5 Å². The number of amides is 1. The van der Waals surface area contributed by atoms with E-state index < -0.39 is 0 Å². The molecule has 4 rings (SSSR count). The molecular weight excluding hydrogens is 382 g/mol. The van der Waals surface area contributed by atoms with Gasteiger partial charge in [0.1, 0.15) is 21.1 Å². The number of hydrogen-bond donors (Lipinski definition) is 1. The first kappa shape index (κ1) is 19.1. The number of anilines is 1. The van der Waals surface area contributed by atoms with Crippen molar-refractivity contribution in [1.29, 1.82) is 0 Å². The highest BCUT2D eigenvalue weighted by molar-refractivity contribution is 7.21. The standard InChI is InChI=1S/C23H21N3O2S/c1-15-14-17(22-26-20-4-3-13-24-23(20)29-22)8-11-19(15)25-21(27)12-7-16-5-9-18(28-2)10-6-16/h3-6,8-11,13-14H,7,12H2,1-2H3,(H,25,27). The van der Waals surface area contributed by atoms with Gasteiger partial charge in [-0.2, -0.15) is 0 Å². The molecule has 0 aliphatic heterocycles. The molecular formula is C23H21N3O2S. The lowest BCUT2D eigenvalue weighted by Crippen LogP contribution is -2.13. The number of methoxy groups -OCH3 is 1. The summed E-state index contributed by atoms with van der Waals surface area (Å²) >= 11 is 1.57. The van der Waals surface area contributed by atoms with Gasteiger partial charge in [0, 0.05) is 23.9 Å². The van der Waals surface area contributed by atoms with Crippen molar-refractivity contribution in [2.24, 2.45) is 0 Å². The van der Waals surface area contributed by atoms with Gasteiger partial charge in [0.05, 0.1) is 7.11 Å². The lowest BCUT2D eigenvalue weighted by molar-refractivity contribution is -0.116. The number of fused-ring (bicyclic) bond motifs is 1. The van der Waals surface area contributed by atoms with Gasteiger partial charge in [-0.3, -0.25) is 4.79 Å². The summed E-state index contributed by atoms with van der Waals surface area (Å²) in [5.74, 6) is 0.818. The predicted molar refractivity (Wildman–Crippen MR) is 118 cm³/mol. The maximum Gasteiger partial charge on any atom is 0.224 e. The van der Waals surface area contributed by atoms with Crippen molar-refractivity contribution in [3.63, 3.8) is 0 Å². The number of carbonyl (C=O) groups excluding carboxylic acids is 1. The van der Waals surface area contributed by atoms with E-state index in [-0.39, 0.29) is 5.91 Å². The molecule has 6 heteroatoms. The van der Waals surface area contributed by atoms with Crippen LogP contribution in [0.5, 0.6) is 5.75 Å². The molecule has 0 bridgehead atoms. The van der Waals surface area contributed by atoms with Gasteiger partial charge in [-0.1, -0.05) is 23.5 Å². The third-order valence-corrected chi connectivity index (χ3v) is 5.74. The van der Waals surface area contributed by atoms with Crippen molar-refractivity contribution >= 4 is 33.3 Å². The molecule has 5 nitrogen and oxygen atoms in total. The van der Waals surface area contributed by atoms with Gasteiger partial charge in [-0.25, -0.2) is 9.97 Å². The fraction of sp³-hybridized carbons (Fsp3) is 0.174. The molecule has 1 N–H and O–H groups in total. The molecule has 146 valence electrons. The Bertz CT molecular complexity index is 1120. The molecule has 0 atom stereocenters. The van der Waals surface area contributed by atoms with Crippen LogP contribution < -0.4 is 10.1 Å². The highest BCUT2D eigenvalue weighted by Gasteiger charge is 2.10. The number of carbonyl (C=O) groups is 1. The highest BCUT2D eigenvalue weighted by atomic mass is 32.1. The van der Waals surface area contributed by atoms with E-state index in [1.54, 1.807) is 24.6 Å². The summed E-state index contributed by atoms with van der Waals surface area (Å²) in [6, 6.07) is 17.6. The minimum atomic E-state index is 0.000792. The van der Waals surface area contributed by atoms with E-state index >= 15 is 0 Å². The number of pyridine rings is 1. The van der Waals surface area contributed by atoms with Crippen molar-refractivity contribution in [2.75, 3.05) is 12.4 Å². The first-order valence-corrected chi connectivity index (χ1v) is 10.2. The van der Waals surface area contributed by atoms with Crippen LogP contribution in [0.3, 0.4) is 0 Å². The number of ether oxygens (including phenoxy) is 1. The largest absolute Gasteiger partial charge is 0.497 e. The van der Waals surface area contributed by atoms with E-state index in [0.717, 1.165) is 43.5 Å². The Morgan fingerprint density at radius 1 is 1.14 bits per heavy atom. The Labute approximate surface area is 173 Å². The third-order valence-electron chi connectivity index (χ3n) is 4.71. The number of rotatable bonds is 6. The van der Waals surface area contributed by atoms with Crippen molar-refractivity contribution < 1.29 is 9.53 Å². The minimum absolute atomic E-state index is 0.000792. The smallest absolute Gasteiger partial charge is 0.224 e. The molecule has 0 spiro atoms. The van der Waals surface area contributed by atoms with Crippen LogP contribution in [-0.2, 0) is 11.2 Å². The van der Waals surface area contributed by atoms with E-state index in [9.17, 15) is 4.79 Å². The van der Waals surface area contributed by atoms with Crippen molar-refractivity contribution in [1.82, 2.24) is 9.97 Å². The van der Waals surface area contributed by atoms with Crippen LogP contribution >= 0.6 is 11.3 Å². The van der Waals surface area contributed by atoms with Crippen molar-refractivity contribution in [3.05, 3.63) is 71.9 Å². The molecule has 2 heterocycles. The topological polar surface area (TPSA) is 64.1 Å². The van der Waals surface area contributed by atoms with Crippen LogP contribution in [0.15, 0.2) is 60.8 Å². The first-order chi connectivity index (χ1) is 14.1. The maximum absolute atomic E-state index is 12.4. The average molecular weight is 404 g/mol. The van der Waals surface area contributed by atoms with Crippen LogP contribution in [0.1, 0.15) is 17.5 Å². The second kappa shape index (κ2) is 8.41. The maximum atomic E-state index is 12.4. The molecule has 0 radical (unpaired) electrons. The Balaban J connectivity index is 1.41. The zero-order valence-corrected chi connectivity index (χ0v) is 17.1. The van der Waals surface area contributed by atoms with Gasteiger partial charge < -0.3 is 10.1 Å². The van der Waals surface area contributed by atoms with Gasteiger partial charge in [-0.15, -0.1) is 0 Å². The normalized spacial score (nSPS) is 10.8. The predicted octanol–water partition coefficient (Wildman–Crippen LogP) is 5.25. The van der Waals surface area contributed by atoms with E-state index in [4.69, 9.17) is 4.74 Å². The number of benzene rings is 2. The summed E-state index contributed by atoms with van der Waals surface area (Å²) < 4.78 is 5.16. The number of thiazole rings is 1. The molecule has 0 aliphatic rings. The number of hydrogen-bond acceptors (Lipinski definition) is 5. The van der Waals surface area contributed by atoms with E-state index in [2.05, 4.69) is 21.4 Å². The second-order valence-corrected chi connectivity index (χ2v) is 7.75. The number of aromatic nitrogens is 2. The van der Waals surface area contributed by atoms with Gasteiger partial charge >= 0.3 is 0 Å². The molecule has 0 unspecified atom stereocenters. The van der Waals surface area contributed by atoms with Gasteiger partial charge in [0.25, 0.3) is 0 Å². The molecule has 0 saturated carbocycles. The first-order valence-electron chi connectivity index (χ1n) is 9.38. The Kier molecular flexibility index (Phi) is 5.53. The zero-order valence-electron chi connectivity index (χ0n) is 16.3. The molecule has 1 amide bonds. The quantitative estimate of drug-likeness (QED) is 0.478. The van der Waals surface area contributed by atoms with Crippen molar-refractivity contribution in [3.8, 4) is 16.3 Å². The second-order valence-electron chi connectivity index (χ2n) is 6.77. The highest BCUT2D eigenvalue weighted by Crippen LogP contribution is 2.31. The fourth-order valence-corrected chi connectivity index (χ4v) is 4.00. The van der Waals surface area contributed by atoms with E-state index in [0.29, 0.717) is 12.8 Å².